The van der Waals surface area contributed by atoms with Gasteiger partial charge in [-0.25, -0.2) is 8.42 Å². The van der Waals surface area contributed by atoms with Crippen molar-refractivity contribution in [3.8, 4) is 0 Å². The third kappa shape index (κ3) is 4.01. The van der Waals surface area contributed by atoms with E-state index < -0.39 is 16.1 Å². The quantitative estimate of drug-likeness (QED) is 0.489. The van der Waals surface area contributed by atoms with Crippen molar-refractivity contribution >= 4 is 21.8 Å². The number of sulfonamides is 1. The summed E-state index contributed by atoms with van der Waals surface area (Å²) in [5, 5.41) is 0. The summed E-state index contributed by atoms with van der Waals surface area (Å²) in [6.07, 6.45) is -1.16. The summed E-state index contributed by atoms with van der Waals surface area (Å²) < 4.78 is 29.8. The number of anilines is 1. The van der Waals surface area contributed by atoms with Gasteiger partial charge in [0.25, 0.3) is 0 Å². The van der Waals surface area contributed by atoms with Crippen LogP contribution in [0, 0.1) is 0 Å². The molecule has 0 bridgehead atoms. The van der Waals surface area contributed by atoms with Crippen molar-refractivity contribution in [1.82, 2.24) is 0 Å². The Labute approximate surface area is 116 Å². The summed E-state index contributed by atoms with van der Waals surface area (Å²) in [5.74, 6) is 0. The van der Waals surface area contributed by atoms with Gasteiger partial charge in [0.2, 0.25) is 6.09 Å². The van der Waals surface area contributed by atoms with Crippen LogP contribution in [-0.4, -0.2) is 21.6 Å². The third-order valence-electron chi connectivity index (χ3n) is 1.55. The molecule has 0 heterocycles. The molecule has 8 heteroatoms. The van der Waals surface area contributed by atoms with E-state index in [1.165, 1.54) is 24.3 Å². The number of rotatable bonds is 2. The molecule has 0 radical (unpaired) electrons. The van der Waals surface area contributed by atoms with Crippen LogP contribution >= 0.6 is 0 Å². The van der Waals surface area contributed by atoms with E-state index in [0.717, 1.165) is 7.11 Å². The number of benzene rings is 1. The first kappa shape index (κ1) is 15.2. The molecule has 0 aromatic heterocycles. The molecule has 1 rings (SSSR count). The minimum atomic E-state index is -3.99. The molecule has 16 heavy (non-hydrogen) atoms. The van der Waals surface area contributed by atoms with Gasteiger partial charge in [0.15, 0.2) is 0 Å². The van der Waals surface area contributed by atoms with Gasteiger partial charge in [0, 0.05) is 5.69 Å². The fourth-order valence-corrected chi connectivity index (χ4v) is 1.68. The van der Waals surface area contributed by atoms with Crippen molar-refractivity contribution in [2.45, 2.75) is 4.90 Å². The number of nitrogen functional groups attached to an aromatic ring is 1. The van der Waals surface area contributed by atoms with E-state index in [1.807, 2.05) is 0 Å². The predicted molar refractivity (Wildman–Crippen MR) is 53.8 cm³/mol. The molecule has 0 atom stereocenters. The van der Waals surface area contributed by atoms with Crippen LogP contribution in [0.15, 0.2) is 29.2 Å². The van der Waals surface area contributed by atoms with E-state index >= 15 is 0 Å². The average molecular weight is 252 g/mol. The number of carbonyl (C=O) groups excluding carboxylic acids is 1. The Morgan fingerprint density at radius 1 is 1.31 bits per heavy atom. The number of hydrogen-bond acceptors (Lipinski definition) is 5. The van der Waals surface area contributed by atoms with Crippen molar-refractivity contribution < 1.29 is 47.5 Å². The summed E-state index contributed by atoms with van der Waals surface area (Å²) >= 11 is 0. The van der Waals surface area contributed by atoms with Crippen LogP contribution in [-0.2, 0) is 14.8 Å². The number of ether oxygens (including phenoxy) is 1. The summed E-state index contributed by atoms with van der Waals surface area (Å²) in [7, 11) is -2.95. The van der Waals surface area contributed by atoms with Gasteiger partial charge in [-0.3, -0.25) is 4.79 Å². The molecule has 0 aliphatic carbocycles. The second-order valence-corrected chi connectivity index (χ2v) is 4.21. The van der Waals surface area contributed by atoms with Crippen LogP contribution in [0.4, 0.5) is 10.5 Å². The van der Waals surface area contributed by atoms with Crippen LogP contribution in [0.3, 0.4) is 0 Å². The van der Waals surface area contributed by atoms with Crippen molar-refractivity contribution in [3.63, 3.8) is 0 Å². The van der Waals surface area contributed by atoms with Crippen LogP contribution in [0.5, 0.6) is 0 Å². The molecule has 0 spiro atoms. The van der Waals surface area contributed by atoms with Gasteiger partial charge >= 0.3 is 29.6 Å². The molecule has 6 nitrogen and oxygen atoms in total. The van der Waals surface area contributed by atoms with Gasteiger partial charge < -0.3 is 15.2 Å². The Bertz CT molecular complexity index is 457. The monoisotopic (exact) mass is 252 g/mol. The van der Waals surface area contributed by atoms with Crippen LogP contribution in [0.25, 0.3) is 4.72 Å². The Hall–Kier alpha value is -0.760. The first-order valence-electron chi connectivity index (χ1n) is 3.87. The van der Waals surface area contributed by atoms with Crippen LogP contribution in [0.2, 0.25) is 0 Å². The van der Waals surface area contributed by atoms with Crippen molar-refractivity contribution in [2.24, 2.45) is 0 Å². The predicted octanol–water partition coefficient (Wildman–Crippen LogP) is -1.90. The smallest absolute Gasteiger partial charge is 0.506 e. The first-order valence-corrected chi connectivity index (χ1v) is 5.31. The fourth-order valence-electron chi connectivity index (χ4n) is 0.828. The molecule has 1 aromatic rings. The molecule has 0 aliphatic heterocycles. The Morgan fingerprint density at radius 2 is 1.81 bits per heavy atom. The molecule has 1 amide bonds. The standard InChI is InChI=1S/C8H10N2O4S.Na/c1-14-8(11)10-15(12,13)7-4-2-6(9)3-5-7;/h2-5H,9H2,1H3,(H,10,11);/q;+1/p-1. The van der Waals surface area contributed by atoms with E-state index in [-0.39, 0.29) is 34.5 Å². The molecule has 1 aromatic carbocycles. The van der Waals surface area contributed by atoms with Gasteiger partial charge in [-0.05, 0) is 24.3 Å². The number of methoxy groups -OCH3 is 1. The van der Waals surface area contributed by atoms with E-state index in [9.17, 15) is 13.2 Å². The second-order valence-electron chi connectivity index (χ2n) is 2.61. The zero-order chi connectivity index (χ0) is 11.5. The van der Waals surface area contributed by atoms with Crippen molar-refractivity contribution in [3.05, 3.63) is 29.0 Å². The molecular formula is C8H9N2NaO4S. The van der Waals surface area contributed by atoms with E-state index in [1.54, 1.807) is 0 Å². The average Bonchev–Trinajstić information content (AvgIpc) is 2.17. The van der Waals surface area contributed by atoms with E-state index in [4.69, 9.17) is 5.73 Å². The fraction of sp³-hybridized carbons (Fsp3) is 0.125. The minimum Gasteiger partial charge on any atom is -0.506 e. The molecule has 82 valence electrons. The zero-order valence-corrected chi connectivity index (χ0v) is 11.7. The molecule has 0 fully saturated rings. The summed E-state index contributed by atoms with van der Waals surface area (Å²) in [4.78, 5) is 10.6. The first-order chi connectivity index (χ1) is 6.95. The summed E-state index contributed by atoms with van der Waals surface area (Å²) in [6.45, 7) is 0. The van der Waals surface area contributed by atoms with E-state index in [2.05, 4.69) is 9.46 Å². The normalized spacial score (nSPS) is 10.1. The maximum Gasteiger partial charge on any atom is 1.00 e. The Kier molecular flexibility index (Phi) is 5.80. The third-order valence-corrected chi connectivity index (χ3v) is 2.80. The Balaban J connectivity index is 0.00000225. The molecule has 0 unspecified atom stereocenters. The number of amides is 1. The van der Waals surface area contributed by atoms with Crippen LogP contribution < -0.4 is 35.3 Å². The minimum absolute atomic E-state index is 0. The zero-order valence-electron chi connectivity index (χ0n) is 8.88. The molecule has 2 N–H and O–H groups in total. The number of hydrogen-bond donors (Lipinski definition) is 1. The SMILES string of the molecule is COC(=O)[N-]S(=O)(=O)c1ccc(N)cc1.[Na+]. The number of nitrogens with two attached hydrogens (primary N) is 1. The number of nitrogens with zero attached hydrogens (tertiary/aromatic N) is 1. The summed E-state index contributed by atoms with van der Waals surface area (Å²) in [6, 6.07) is 5.33. The van der Waals surface area contributed by atoms with Gasteiger partial charge in [-0.15, -0.1) is 0 Å². The Morgan fingerprint density at radius 3 is 2.25 bits per heavy atom. The molecule has 0 aliphatic rings. The van der Waals surface area contributed by atoms with Crippen LogP contribution in [0.1, 0.15) is 0 Å². The summed E-state index contributed by atoms with van der Waals surface area (Å²) in [5.41, 5.74) is 5.80. The van der Waals surface area contributed by atoms with Gasteiger partial charge in [-0.1, -0.05) is 0 Å². The largest absolute Gasteiger partial charge is 1.00 e. The maximum atomic E-state index is 11.4. The van der Waals surface area contributed by atoms with Crippen molar-refractivity contribution in [1.29, 1.82) is 0 Å². The molecular weight excluding hydrogens is 243 g/mol. The number of carbonyl (C=O) groups is 1. The topological polar surface area (TPSA) is 101 Å². The van der Waals surface area contributed by atoms with Gasteiger partial charge in [0.1, 0.15) is 10.0 Å². The second kappa shape index (κ2) is 6.09. The van der Waals surface area contributed by atoms with Gasteiger partial charge in [0.05, 0.1) is 12.0 Å². The van der Waals surface area contributed by atoms with E-state index in [0.29, 0.717) is 5.69 Å². The van der Waals surface area contributed by atoms with Gasteiger partial charge in [-0.2, -0.15) is 0 Å². The molecule has 0 saturated carbocycles. The molecule has 0 saturated heterocycles. The van der Waals surface area contributed by atoms with Crippen molar-refractivity contribution in [2.75, 3.05) is 12.8 Å². The maximum absolute atomic E-state index is 11.4.